The first-order valence-electron chi connectivity index (χ1n) is 6.24. The van der Waals surface area contributed by atoms with Crippen LogP contribution in [-0.2, 0) is 6.54 Å². The first kappa shape index (κ1) is 14.4. The van der Waals surface area contributed by atoms with Gasteiger partial charge >= 0.3 is 0 Å². The average molecular weight is 289 g/mol. The van der Waals surface area contributed by atoms with Crippen LogP contribution in [0.5, 0.6) is 0 Å². The summed E-state index contributed by atoms with van der Waals surface area (Å²) in [4.78, 5) is 4.63. The number of thiocarbonyl (C=S) groups is 1. The van der Waals surface area contributed by atoms with E-state index in [9.17, 15) is 4.39 Å². The van der Waals surface area contributed by atoms with Crippen LogP contribution in [-0.4, -0.2) is 9.97 Å². The molecule has 5 heteroatoms. The highest BCUT2D eigenvalue weighted by molar-refractivity contribution is 7.80. The third-order valence-electron chi connectivity index (χ3n) is 3.00. The largest absolute Gasteiger partial charge is 0.389 e. The van der Waals surface area contributed by atoms with Crippen molar-refractivity contribution in [3.8, 4) is 0 Å². The Kier molecular flexibility index (Phi) is 4.29. The number of nitrogens with zero attached hydrogens (tertiary/aromatic N) is 1. The molecule has 1 aromatic carbocycles. The SMILES string of the molecule is Cc1cc(NCc2ccccc2F)c(C(N)=S)c(C)n1. The van der Waals surface area contributed by atoms with Gasteiger partial charge in [0.2, 0.25) is 0 Å². The molecular weight excluding hydrogens is 273 g/mol. The summed E-state index contributed by atoms with van der Waals surface area (Å²) in [5.41, 5.74) is 9.46. The number of hydrogen-bond donors (Lipinski definition) is 2. The average Bonchev–Trinajstić information content (AvgIpc) is 2.36. The molecule has 1 heterocycles. The van der Waals surface area contributed by atoms with Gasteiger partial charge in [-0.1, -0.05) is 30.4 Å². The van der Waals surface area contributed by atoms with E-state index < -0.39 is 0 Å². The maximum absolute atomic E-state index is 13.6. The Morgan fingerprint density at radius 3 is 2.70 bits per heavy atom. The molecule has 0 saturated heterocycles. The van der Waals surface area contributed by atoms with Crippen LogP contribution >= 0.6 is 12.2 Å². The van der Waals surface area contributed by atoms with Gasteiger partial charge in [0.15, 0.2) is 0 Å². The summed E-state index contributed by atoms with van der Waals surface area (Å²) in [6.45, 7) is 4.12. The monoisotopic (exact) mass is 289 g/mol. The molecule has 0 spiro atoms. The van der Waals surface area contributed by atoms with E-state index in [1.807, 2.05) is 19.9 Å². The molecule has 0 saturated carbocycles. The zero-order valence-electron chi connectivity index (χ0n) is 11.4. The van der Waals surface area contributed by atoms with Crippen molar-refractivity contribution >= 4 is 22.9 Å². The first-order chi connectivity index (χ1) is 9.49. The summed E-state index contributed by atoms with van der Waals surface area (Å²) >= 11 is 5.06. The van der Waals surface area contributed by atoms with Gasteiger partial charge in [0.05, 0.1) is 5.56 Å². The van der Waals surface area contributed by atoms with Crippen molar-refractivity contribution < 1.29 is 4.39 Å². The maximum atomic E-state index is 13.6. The van der Waals surface area contributed by atoms with Crippen molar-refractivity contribution in [1.29, 1.82) is 0 Å². The van der Waals surface area contributed by atoms with Crippen LogP contribution in [0.4, 0.5) is 10.1 Å². The predicted molar refractivity (Wildman–Crippen MR) is 83.3 cm³/mol. The highest BCUT2D eigenvalue weighted by Crippen LogP contribution is 2.21. The third kappa shape index (κ3) is 3.11. The van der Waals surface area contributed by atoms with Crippen molar-refractivity contribution in [3.05, 3.63) is 58.7 Å². The van der Waals surface area contributed by atoms with E-state index in [2.05, 4.69) is 10.3 Å². The van der Waals surface area contributed by atoms with E-state index >= 15 is 0 Å². The van der Waals surface area contributed by atoms with Crippen LogP contribution in [0.2, 0.25) is 0 Å². The molecule has 2 aromatic rings. The van der Waals surface area contributed by atoms with E-state index in [-0.39, 0.29) is 10.8 Å². The van der Waals surface area contributed by atoms with Gasteiger partial charge in [-0.2, -0.15) is 0 Å². The van der Waals surface area contributed by atoms with Gasteiger partial charge < -0.3 is 11.1 Å². The standard InChI is InChI=1S/C15H16FN3S/c1-9-7-13(14(15(17)20)10(2)19-9)18-8-11-5-3-4-6-12(11)16/h3-7H,8H2,1-2H3,(H2,17,20)(H,18,19). The number of benzene rings is 1. The molecule has 2 rings (SSSR count). The highest BCUT2D eigenvalue weighted by atomic mass is 32.1. The quantitative estimate of drug-likeness (QED) is 0.849. The van der Waals surface area contributed by atoms with Gasteiger partial charge in [-0.05, 0) is 26.0 Å². The third-order valence-corrected chi connectivity index (χ3v) is 3.21. The summed E-state index contributed by atoms with van der Waals surface area (Å²) in [6.07, 6.45) is 0. The summed E-state index contributed by atoms with van der Waals surface area (Å²) in [5.74, 6) is -0.237. The van der Waals surface area contributed by atoms with Crippen LogP contribution in [0, 0.1) is 19.7 Å². The lowest BCUT2D eigenvalue weighted by atomic mass is 10.1. The molecule has 104 valence electrons. The minimum atomic E-state index is -0.237. The summed E-state index contributed by atoms with van der Waals surface area (Å²) in [5, 5.41) is 3.19. The summed E-state index contributed by atoms with van der Waals surface area (Å²) in [7, 11) is 0. The Labute approximate surface area is 123 Å². The number of hydrogen-bond acceptors (Lipinski definition) is 3. The van der Waals surface area contributed by atoms with Gasteiger partial charge in [0.1, 0.15) is 10.8 Å². The van der Waals surface area contributed by atoms with Crippen LogP contribution in [0.25, 0.3) is 0 Å². The lowest BCUT2D eigenvalue weighted by Crippen LogP contribution is -2.16. The van der Waals surface area contributed by atoms with E-state index in [0.717, 1.165) is 17.1 Å². The van der Waals surface area contributed by atoms with Crippen molar-refractivity contribution in [3.63, 3.8) is 0 Å². The van der Waals surface area contributed by atoms with E-state index in [0.29, 0.717) is 17.7 Å². The molecule has 0 radical (unpaired) electrons. The first-order valence-corrected chi connectivity index (χ1v) is 6.65. The fraction of sp³-hybridized carbons (Fsp3) is 0.200. The zero-order valence-corrected chi connectivity index (χ0v) is 12.2. The minimum absolute atomic E-state index is 0.237. The number of aromatic nitrogens is 1. The minimum Gasteiger partial charge on any atom is -0.389 e. The van der Waals surface area contributed by atoms with E-state index in [1.54, 1.807) is 18.2 Å². The fourth-order valence-electron chi connectivity index (χ4n) is 2.11. The number of aryl methyl sites for hydroxylation is 2. The number of halogens is 1. The lowest BCUT2D eigenvalue weighted by Gasteiger charge is -2.14. The molecule has 1 aromatic heterocycles. The molecule has 3 N–H and O–H groups in total. The number of nitrogens with two attached hydrogens (primary N) is 1. The molecule has 0 aliphatic rings. The number of anilines is 1. The lowest BCUT2D eigenvalue weighted by molar-refractivity contribution is 0.613. The molecule has 0 aliphatic carbocycles. The zero-order chi connectivity index (χ0) is 14.7. The van der Waals surface area contributed by atoms with Crippen molar-refractivity contribution in [2.24, 2.45) is 5.73 Å². The van der Waals surface area contributed by atoms with Gasteiger partial charge in [0.25, 0.3) is 0 Å². The van der Waals surface area contributed by atoms with Crippen LogP contribution in [0.3, 0.4) is 0 Å². The van der Waals surface area contributed by atoms with Crippen LogP contribution in [0.15, 0.2) is 30.3 Å². The second-order valence-electron chi connectivity index (χ2n) is 4.58. The van der Waals surface area contributed by atoms with E-state index in [1.165, 1.54) is 6.07 Å². The second kappa shape index (κ2) is 5.96. The van der Waals surface area contributed by atoms with Gasteiger partial charge in [-0.15, -0.1) is 0 Å². The van der Waals surface area contributed by atoms with Crippen LogP contribution in [0.1, 0.15) is 22.5 Å². The molecular formula is C15H16FN3S. The smallest absolute Gasteiger partial charge is 0.128 e. The Morgan fingerprint density at radius 1 is 1.35 bits per heavy atom. The van der Waals surface area contributed by atoms with Gasteiger partial charge in [0, 0.05) is 29.2 Å². The molecule has 0 unspecified atom stereocenters. The van der Waals surface area contributed by atoms with Crippen LogP contribution < -0.4 is 11.1 Å². The highest BCUT2D eigenvalue weighted by Gasteiger charge is 2.11. The fourth-order valence-corrected chi connectivity index (χ4v) is 2.37. The predicted octanol–water partition coefficient (Wildman–Crippen LogP) is 3.08. The maximum Gasteiger partial charge on any atom is 0.128 e. The Morgan fingerprint density at radius 2 is 2.05 bits per heavy atom. The molecule has 0 amide bonds. The van der Waals surface area contributed by atoms with Gasteiger partial charge in [-0.3, -0.25) is 4.98 Å². The molecule has 0 atom stereocenters. The van der Waals surface area contributed by atoms with Crippen molar-refractivity contribution in [1.82, 2.24) is 4.98 Å². The summed E-state index contributed by atoms with van der Waals surface area (Å²) in [6, 6.07) is 8.51. The van der Waals surface area contributed by atoms with Gasteiger partial charge in [-0.25, -0.2) is 4.39 Å². The molecule has 3 nitrogen and oxygen atoms in total. The number of pyridine rings is 1. The molecule has 0 bridgehead atoms. The topological polar surface area (TPSA) is 50.9 Å². The normalized spacial score (nSPS) is 10.3. The summed E-state index contributed by atoms with van der Waals surface area (Å²) < 4.78 is 13.6. The van der Waals surface area contributed by atoms with E-state index in [4.69, 9.17) is 18.0 Å². The Bertz CT molecular complexity index is 656. The number of rotatable bonds is 4. The molecule has 0 aliphatic heterocycles. The Hall–Kier alpha value is -2.01. The Balaban J connectivity index is 2.30. The molecule has 0 fully saturated rings. The molecule has 20 heavy (non-hydrogen) atoms. The van der Waals surface area contributed by atoms with Crippen molar-refractivity contribution in [2.75, 3.05) is 5.32 Å². The second-order valence-corrected chi connectivity index (χ2v) is 5.02. The van der Waals surface area contributed by atoms with Crippen molar-refractivity contribution in [2.45, 2.75) is 20.4 Å². The number of nitrogens with one attached hydrogen (secondary N) is 1.